The average molecular weight is 537 g/mol. The second-order valence-electron chi connectivity index (χ2n) is 15.5. The predicted molar refractivity (Wildman–Crippen MR) is 148 cm³/mol. The van der Waals surface area contributed by atoms with E-state index >= 15 is 0 Å². The highest BCUT2D eigenvalue weighted by atomic mass is 32.3. The SMILES string of the molecule is C[C@@H]([C@H]1CC[C@@]2(C)C3=CC(=O)[C@@H]4C[C@@H](C)[C@@H](C)C[C@]4(C)C3CC[C@]12C)[C@@H](CCC(C)(C)C)OS(=O)(=O)O. The molecule has 5 nitrogen and oxygen atoms in total. The zero-order valence-corrected chi connectivity index (χ0v) is 25.6. The van der Waals surface area contributed by atoms with Crippen molar-refractivity contribution in [2.24, 2.45) is 57.2 Å². The Balaban J connectivity index is 1.66. The quantitative estimate of drug-likeness (QED) is 0.352. The Hall–Kier alpha value is -0.720. The molecule has 1 N–H and O–H groups in total. The number of allylic oxidation sites excluding steroid dienone is 2. The van der Waals surface area contributed by atoms with Crippen molar-refractivity contribution in [2.45, 2.75) is 120 Å². The maximum Gasteiger partial charge on any atom is 0.397 e. The second kappa shape index (κ2) is 9.44. The van der Waals surface area contributed by atoms with Crippen molar-refractivity contribution < 1.29 is 21.9 Å². The van der Waals surface area contributed by atoms with Crippen molar-refractivity contribution in [3.05, 3.63) is 11.6 Å². The van der Waals surface area contributed by atoms with Gasteiger partial charge in [-0.15, -0.1) is 0 Å². The zero-order valence-electron chi connectivity index (χ0n) is 24.8. The minimum atomic E-state index is -4.54. The third-order valence-electron chi connectivity index (χ3n) is 12.2. The molecule has 10 atom stereocenters. The van der Waals surface area contributed by atoms with Crippen molar-refractivity contribution >= 4 is 16.2 Å². The van der Waals surface area contributed by atoms with Crippen LogP contribution in [0.3, 0.4) is 0 Å². The Morgan fingerprint density at radius 1 is 1.08 bits per heavy atom. The topological polar surface area (TPSA) is 80.7 Å². The first-order valence-corrected chi connectivity index (χ1v) is 16.1. The summed E-state index contributed by atoms with van der Waals surface area (Å²) in [6.45, 7) is 20.4. The van der Waals surface area contributed by atoms with Crippen molar-refractivity contribution in [1.29, 1.82) is 0 Å². The fourth-order valence-corrected chi connectivity index (χ4v) is 10.1. The predicted octanol–water partition coefficient (Wildman–Crippen LogP) is 7.67. The summed E-state index contributed by atoms with van der Waals surface area (Å²) in [5.74, 6) is 2.39. The van der Waals surface area contributed by atoms with Crippen LogP contribution < -0.4 is 0 Å². The van der Waals surface area contributed by atoms with Gasteiger partial charge in [0.25, 0.3) is 0 Å². The summed E-state index contributed by atoms with van der Waals surface area (Å²) in [5.41, 5.74) is 1.32. The lowest BCUT2D eigenvalue weighted by atomic mass is 9.42. The van der Waals surface area contributed by atoms with Crippen molar-refractivity contribution in [3.8, 4) is 0 Å². The van der Waals surface area contributed by atoms with Crippen LogP contribution in [0.25, 0.3) is 0 Å². The monoisotopic (exact) mass is 536 g/mol. The fourth-order valence-electron chi connectivity index (χ4n) is 9.54. The number of fused-ring (bicyclic) bond motifs is 5. The van der Waals surface area contributed by atoms with E-state index in [0.29, 0.717) is 30.0 Å². The molecule has 0 aromatic carbocycles. The summed E-state index contributed by atoms with van der Waals surface area (Å²) in [5, 5.41) is 0. The van der Waals surface area contributed by atoms with Crippen LogP contribution in [-0.4, -0.2) is 24.9 Å². The van der Waals surface area contributed by atoms with Gasteiger partial charge in [-0.05, 0) is 109 Å². The number of ketones is 1. The molecule has 212 valence electrons. The van der Waals surface area contributed by atoms with Gasteiger partial charge in [-0.2, -0.15) is 8.42 Å². The molecule has 4 rings (SSSR count). The van der Waals surface area contributed by atoms with E-state index in [2.05, 4.69) is 68.4 Å². The van der Waals surface area contributed by atoms with E-state index in [0.717, 1.165) is 44.9 Å². The van der Waals surface area contributed by atoms with Gasteiger partial charge in [-0.1, -0.05) is 67.9 Å². The van der Waals surface area contributed by atoms with E-state index in [1.165, 1.54) is 5.57 Å². The lowest BCUT2D eigenvalue weighted by Crippen LogP contribution is -2.56. The van der Waals surface area contributed by atoms with E-state index in [-0.39, 0.29) is 39.4 Å². The van der Waals surface area contributed by atoms with Gasteiger partial charge in [0.05, 0.1) is 6.10 Å². The van der Waals surface area contributed by atoms with Gasteiger partial charge < -0.3 is 0 Å². The Labute approximate surface area is 226 Å². The molecule has 0 saturated heterocycles. The normalized spacial score (nSPS) is 43.9. The molecule has 0 aromatic heterocycles. The van der Waals surface area contributed by atoms with Crippen molar-refractivity contribution in [2.75, 3.05) is 0 Å². The first kappa shape index (κ1) is 29.3. The van der Waals surface area contributed by atoms with Crippen LogP contribution in [0.15, 0.2) is 11.6 Å². The molecule has 0 heterocycles. The molecule has 4 aliphatic rings. The van der Waals surface area contributed by atoms with E-state index in [9.17, 15) is 17.8 Å². The van der Waals surface area contributed by atoms with Crippen LogP contribution in [-0.2, 0) is 19.4 Å². The van der Waals surface area contributed by atoms with Gasteiger partial charge in [0.2, 0.25) is 0 Å². The molecule has 4 aliphatic carbocycles. The van der Waals surface area contributed by atoms with Crippen LogP contribution >= 0.6 is 0 Å². The van der Waals surface area contributed by atoms with Gasteiger partial charge in [-0.3, -0.25) is 9.35 Å². The van der Waals surface area contributed by atoms with Crippen LogP contribution in [0, 0.1) is 57.2 Å². The molecule has 0 amide bonds. The first-order chi connectivity index (χ1) is 16.8. The molecule has 3 saturated carbocycles. The van der Waals surface area contributed by atoms with E-state index in [4.69, 9.17) is 4.18 Å². The highest BCUT2D eigenvalue weighted by Gasteiger charge is 2.65. The Morgan fingerprint density at radius 2 is 1.73 bits per heavy atom. The lowest BCUT2D eigenvalue weighted by Gasteiger charge is -2.61. The average Bonchev–Trinajstić information content (AvgIpc) is 3.03. The minimum absolute atomic E-state index is 0.0218. The molecular formula is C31H52O5S. The van der Waals surface area contributed by atoms with E-state index < -0.39 is 16.5 Å². The smallest absolute Gasteiger partial charge is 0.295 e. The Kier molecular flexibility index (Phi) is 7.46. The van der Waals surface area contributed by atoms with Crippen LogP contribution in [0.2, 0.25) is 0 Å². The number of hydrogen-bond acceptors (Lipinski definition) is 4. The minimum Gasteiger partial charge on any atom is -0.295 e. The standard InChI is InChI=1S/C31H52O5S/c1-19-16-25-26(32)17-24-23(29(25,7)18-20(19)2)11-15-30(8)22(10-14-31(24,30)9)21(3)27(36-37(33,34)35)12-13-28(4,5)6/h17,19-23,25,27H,10-16,18H2,1-9H3,(H,33,34,35)/t19-,20+,21+,22-,23?,25+,27-,29-,30-,31+/m1/s1. The number of carbonyl (C=O) groups is 1. The van der Waals surface area contributed by atoms with Crippen LogP contribution in [0.1, 0.15) is 114 Å². The number of hydrogen-bond donors (Lipinski definition) is 1. The van der Waals surface area contributed by atoms with Crippen LogP contribution in [0.5, 0.6) is 0 Å². The molecule has 0 aliphatic heterocycles. The molecule has 0 spiro atoms. The molecule has 37 heavy (non-hydrogen) atoms. The number of carbonyl (C=O) groups excluding carboxylic acids is 1. The summed E-state index contributed by atoms with van der Waals surface area (Å²) in [6.07, 6.45) is 9.22. The lowest BCUT2D eigenvalue weighted by molar-refractivity contribution is -0.134. The molecule has 0 bridgehead atoms. The first-order valence-electron chi connectivity index (χ1n) is 14.7. The largest absolute Gasteiger partial charge is 0.397 e. The highest BCUT2D eigenvalue weighted by molar-refractivity contribution is 7.80. The van der Waals surface area contributed by atoms with Crippen molar-refractivity contribution in [3.63, 3.8) is 0 Å². The fraction of sp³-hybridized carbons (Fsp3) is 0.903. The second-order valence-corrected chi connectivity index (χ2v) is 16.5. The van der Waals surface area contributed by atoms with Crippen molar-refractivity contribution in [1.82, 2.24) is 0 Å². The molecule has 3 fully saturated rings. The highest BCUT2D eigenvalue weighted by Crippen LogP contribution is 2.72. The van der Waals surface area contributed by atoms with Gasteiger partial charge >= 0.3 is 10.4 Å². The molecule has 0 aromatic rings. The van der Waals surface area contributed by atoms with Gasteiger partial charge in [0, 0.05) is 5.92 Å². The van der Waals surface area contributed by atoms with Gasteiger partial charge in [0.15, 0.2) is 5.78 Å². The van der Waals surface area contributed by atoms with Gasteiger partial charge in [0.1, 0.15) is 0 Å². The van der Waals surface area contributed by atoms with Gasteiger partial charge in [-0.25, -0.2) is 4.18 Å². The summed E-state index contributed by atoms with van der Waals surface area (Å²) in [4.78, 5) is 13.6. The summed E-state index contributed by atoms with van der Waals surface area (Å²) < 4.78 is 38.7. The van der Waals surface area contributed by atoms with E-state index in [1.54, 1.807) is 0 Å². The zero-order chi connectivity index (χ0) is 27.8. The van der Waals surface area contributed by atoms with Crippen LogP contribution in [0.4, 0.5) is 0 Å². The summed E-state index contributed by atoms with van der Waals surface area (Å²) >= 11 is 0. The molecule has 6 heteroatoms. The Morgan fingerprint density at radius 3 is 2.32 bits per heavy atom. The number of rotatable bonds is 6. The summed E-state index contributed by atoms with van der Waals surface area (Å²) in [6, 6.07) is 0. The summed E-state index contributed by atoms with van der Waals surface area (Å²) in [7, 11) is -4.54. The molecular weight excluding hydrogens is 484 g/mol. The Bertz CT molecular complexity index is 1040. The molecule has 1 unspecified atom stereocenters. The molecule has 0 radical (unpaired) electrons. The maximum atomic E-state index is 13.6. The maximum absolute atomic E-state index is 13.6. The third-order valence-corrected chi connectivity index (χ3v) is 12.7. The third kappa shape index (κ3) is 5.01. The van der Waals surface area contributed by atoms with E-state index in [1.807, 2.05) is 0 Å².